The lowest BCUT2D eigenvalue weighted by atomic mass is 9.98. The van der Waals surface area contributed by atoms with E-state index < -0.39 is 11.6 Å². The molecule has 0 spiro atoms. The molecular weight excluding hydrogens is 376 g/mol. The van der Waals surface area contributed by atoms with Crippen molar-refractivity contribution >= 4 is 21.7 Å². The summed E-state index contributed by atoms with van der Waals surface area (Å²) >= 11 is 3.37. The molecule has 3 rings (SSSR count). The van der Waals surface area contributed by atoms with E-state index in [-0.39, 0.29) is 22.5 Å². The molecule has 0 radical (unpaired) electrons. The third kappa shape index (κ3) is 2.99. The van der Waals surface area contributed by atoms with Crippen LogP contribution in [-0.2, 0) is 0 Å². The van der Waals surface area contributed by atoms with Gasteiger partial charge in [-0.15, -0.1) is 0 Å². The van der Waals surface area contributed by atoms with Crippen molar-refractivity contribution in [2.45, 2.75) is 0 Å². The van der Waals surface area contributed by atoms with Gasteiger partial charge in [0.1, 0.15) is 29.1 Å². The summed E-state index contributed by atoms with van der Waals surface area (Å²) in [6.45, 7) is 0. The molecule has 118 valence electrons. The minimum atomic E-state index is -0.640. The second-order valence-corrected chi connectivity index (χ2v) is 5.98. The van der Waals surface area contributed by atoms with Crippen LogP contribution in [0.4, 0.5) is 14.6 Å². The van der Waals surface area contributed by atoms with Gasteiger partial charge in [-0.3, -0.25) is 0 Å². The fourth-order valence-corrected chi connectivity index (χ4v) is 2.79. The zero-order chi connectivity index (χ0) is 17.3. The van der Waals surface area contributed by atoms with Crippen molar-refractivity contribution < 1.29 is 8.78 Å². The summed E-state index contributed by atoms with van der Waals surface area (Å²) in [7, 11) is 0. The number of nitrogens with zero attached hydrogens (tertiary/aromatic N) is 2. The Morgan fingerprint density at radius 1 is 1.04 bits per heavy atom. The SMILES string of the molecule is N#Cc1c(-c2cc(F)ccc2F)cc(-c2cccc(Br)c2)nc1N. The minimum absolute atomic E-state index is 0.0123. The van der Waals surface area contributed by atoms with Crippen molar-refractivity contribution in [3.8, 4) is 28.5 Å². The molecule has 0 saturated heterocycles. The van der Waals surface area contributed by atoms with Gasteiger partial charge in [-0.2, -0.15) is 5.26 Å². The number of nitrogen functional groups attached to an aromatic ring is 1. The number of pyridine rings is 1. The van der Waals surface area contributed by atoms with Crippen LogP contribution in [-0.4, -0.2) is 4.98 Å². The van der Waals surface area contributed by atoms with Crippen molar-refractivity contribution in [1.29, 1.82) is 5.26 Å². The van der Waals surface area contributed by atoms with Gasteiger partial charge >= 0.3 is 0 Å². The van der Waals surface area contributed by atoms with Gasteiger partial charge in [-0.05, 0) is 36.4 Å². The average molecular weight is 386 g/mol. The van der Waals surface area contributed by atoms with Gasteiger partial charge in [-0.25, -0.2) is 13.8 Å². The van der Waals surface area contributed by atoms with Crippen molar-refractivity contribution in [2.75, 3.05) is 5.73 Å². The molecule has 0 atom stereocenters. The molecule has 0 aliphatic heterocycles. The lowest BCUT2D eigenvalue weighted by Crippen LogP contribution is -2.01. The minimum Gasteiger partial charge on any atom is -0.383 e. The summed E-state index contributed by atoms with van der Waals surface area (Å²) in [6.07, 6.45) is 0. The van der Waals surface area contributed by atoms with Crippen LogP contribution in [0.15, 0.2) is 53.0 Å². The van der Waals surface area contributed by atoms with E-state index in [2.05, 4.69) is 20.9 Å². The predicted molar refractivity (Wildman–Crippen MR) is 91.9 cm³/mol. The van der Waals surface area contributed by atoms with Gasteiger partial charge in [0.2, 0.25) is 0 Å². The highest BCUT2D eigenvalue weighted by atomic mass is 79.9. The molecule has 3 nitrogen and oxygen atoms in total. The molecule has 3 aromatic rings. The molecule has 0 amide bonds. The molecule has 0 bridgehead atoms. The molecule has 0 aliphatic carbocycles. The Morgan fingerprint density at radius 2 is 1.83 bits per heavy atom. The van der Waals surface area contributed by atoms with Crippen molar-refractivity contribution in [3.05, 3.63) is 70.2 Å². The molecule has 1 aromatic heterocycles. The smallest absolute Gasteiger partial charge is 0.142 e. The summed E-state index contributed by atoms with van der Waals surface area (Å²) in [5.74, 6) is -1.28. The quantitative estimate of drug-likeness (QED) is 0.681. The largest absolute Gasteiger partial charge is 0.383 e. The molecule has 2 aromatic carbocycles. The monoisotopic (exact) mass is 385 g/mol. The number of aromatic nitrogens is 1. The fraction of sp³-hybridized carbons (Fsp3) is 0. The van der Waals surface area contributed by atoms with E-state index in [0.717, 1.165) is 28.2 Å². The van der Waals surface area contributed by atoms with Crippen LogP contribution in [0.25, 0.3) is 22.4 Å². The van der Waals surface area contributed by atoms with E-state index >= 15 is 0 Å². The fourth-order valence-electron chi connectivity index (χ4n) is 2.39. The lowest BCUT2D eigenvalue weighted by Gasteiger charge is -2.11. The van der Waals surface area contributed by atoms with Gasteiger partial charge in [-0.1, -0.05) is 28.1 Å². The first-order chi connectivity index (χ1) is 11.5. The van der Waals surface area contributed by atoms with Gasteiger partial charge in [0.15, 0.2) is 0 Å². The van der Waals surface area contributed by atoms with Gasteiger partial charge < -0.3 is 5.73 Å². The van der Waals surface area contributed by atoms with E-state index in [1.165, 1.54) is 6.07 Å². The van der Waals surface area contributed by atoms with Crippen LogP contribution in [0, 0.1) is 23.0 Å². The molecule has 0 aliphatic rings. The molecule has 0 unspecified atom stereocenters. The number of rotatable bonds is 2. The number of hydrogen-bond acceptors (Lipinski definition) is 3. The summed E-state index contributed by atoms with van der Waals surface area (Å²) in [4.78, 5) is 4.21. The number of nitrogens with two attached hydrogens (primary N) is 1. The van der Waals surface area contributed by atoms with Crippen LogP contribution in [0.2, 0.25) is 0 Å². The van der Waals surface area contributed by atoms with Crippen LogP contribution in [0.5, 0.6) is 0 Å². The van der Waals surface area contributed by atoms with E-state index in [4.69, 9.17) is 5.73 Å². The number of halogens is 3. The zero-order valence-corrected chi connectivity index (χ0v) is 13.8. The van der Waals surface area contributed by atoms with Crippen molar-refractivity contribution in [2.24, 2.45) is 0 Å². The lowest BCUT2D eigenvalue weighted by molar-refractivity contribution is 0.603. The van der Waals surface area contributed by atoms with Crippen molar-refractivity contribution in [1.82, 2.24) is 4.98 Å². The Kier molecular flexibility index (Phi) is 4.28. The number of anilines is 1. The maximum atomic E-state index is 14.2. The first-order valence-corrected chi connectivity index (χ1v) is 7.71. The number of hydrogen-bond donors (Lipinski definition) is 1. The Labute approximate surface area is 145 Å². The Balaban J connectivity index is 2.29. The molecule has 1 heterocycles. The summed E-state index contributed by atoms with van der Waals surface area (Å²) < 4.78 is 28.5. The maximum Gasteiger partial charge on any atom is 0.142 e. The highest BCUT2D eigenvalue weighted by Gasteiger charge is 2.17. The maximum absolute atomic E-state index is 14.2. The first kappa shape index (κ1) is 16.1. The Bertz CT molecular complexity index is 980. The summed E-state index contributed by atoms with van der Waals surface area (Å²) in [5.41, 5.74) is 7.26. The molecule has 0 saturated carbocycles. The molecular formula is C18H10BrF2N3. The normalized spacial score (nSPS) is 10.4. The Morgan fingerprint density at radius 3 is 2.54 bits per heavy atom. The van der Waals surface area contributed by atoms with Crippen LogP contribution in [0.1, 0.15) is 5.56 Å². The van der Waals surface area contributed by atoms with E-state index in [1.54, 1.807) is 0 Å². The molecule has 24 heavy (non-hydrogen) atoms. The second kappa shape index (κ2) is 6.38. The van der Waals surface area contributed by atoms with Gasteiger partial charge in [0.25, 0.3) is 0 Å². The summed E-state index contributed by atoms with van der Waals surface area (Å²) in [5, 5.41) is 9.33. The molecule has 0 fully saturated rings. The topological polar surface area (TPSA) is 62.7 Å². The van der Waals surface area contributed by atoms with Gasteiger partial charge in [0, 0.05) is 21.2 Å². The Hall–Kier alpha value is -2.78. The number of benzene rings is 2. The van der Waals surface area contributed by atoms with E-state index in [1.807, 2.05) is 30.3 Å². The zero-order valence-electron chi connectivity index (χ0n) is 12.2. The highest BCUT2D eigenvalue weighted by molar-refractivity contribution is 9.10. The van der Waals surface area contributed by atoms with Gasteiger partial charge in [0.05, 0.1) is 5.69 Å². The van der Waals surface area contributed by atoms with Crippen LogP contribution < -0.4 is 5.73 Å². The van der Waals surface area contributed by atoms with Crippen LogP contribution >= 0.6 is 15.9 Å². The van der Waals surface area contributed by atoms with Crippen molar-refractivity contribution in [3.63, 3.8) is 0 Å². The third-order valence-electron chi connectivity index (χ3n) is 3.50. The second-order valence-electron chi connectivity index (χ2n) is 5.06. The number of nitriles is 1. The molecule has 2 N–H and O–H groups in total. The highest BCUT2D eigenvalue weighted by Crippen LogP contribution is 2.33. The van der Waals surface area contributed by atoms with E-state index in [9.17, 15) is 14.0 Å². The van der Waals surface area contributed by atoms with Crippen LogP contribution in [0.3, 0.4) is 0 Å². The molecule has 6 heteroatoms. The summed E-state index contributed by atoms with van der Waals surface area (Å²) in [6, 6.07) is 13.8. The average Bonchev–Trinajstić information content (AvgIpc) is 2.56. The predicted octanol–water partition coefficient (Wildman–Crippen LogP) is 4.91. The first-order valence-electron chi connectivity index (χ1n) is 6.91. The standard InChI is InChI=1S/C18H10BrF2N3/c19-11-3-1-2-10(6-11)17-8-13(15(9-22)18(23)24-17)14-7-12(20)4-5-16(14)21/h1-8H,(H2,23,24). The van der Waals surface area contributed by atoms with E-state index in [0.29, 0.717) is 5.69 Å². The third-order valence-corrected chi connectivity index (χ3v) is 3.99.